The van der Waals surface area contributed by atoms with E-state index in [9.17, 15) is 10.2 Å². The van der Waals surface area contributed by atoms with E-state index in [4.69, 9.17) is 6.42 Å². The molecule has 13 heavy (non-hydrogen) atoms. The summed E-state index contributed by atoms with van der Waals surface area (Å²) in [6.07, 6.45) is 6.19. The van der Waals surface area contributed by atoms with Crippen LogP contribution in [0.15, 0.2) is 0 Å². The van der Waals surface area contributed by atoms with Crippen molar-refractivity contribution in [2.24, 2.45) is 11.3 Å². The number of hydrogen-bond acceptors (Lipinski definition) is 2. The molecule has 0 amide bonds. The predicted octanol–water partition coefficient (Wildman–Crippen LogP) is 1.17. The Hall–Kier alpha value is -0.520. The maximum Gasteiger partial charge on any atom is 0.132 e. The second-order valence-electron chi connectivity index (χ2n) is 4.79. The number of terminal acetylenes is 1. The van der Waals surface area contributed by atoms with Crippen LogP contribution in [0.5, 0.6) is 0 Å². The molecule has 2 nitrogen and oxygen atoms in total. The first kappa shape index (κ1) is 10.6. The molecule has 0 spiro atoms. The van der Waals surface area contributed by atoms with Gasteiger partial charge in [0.1, 0.15) is 5.60 Å². The molecule has 0 aromatic carbocycles. The summed E-state index contributed by atoms with van der Waals surface area (Å²) < 4.78 is 0. The zero-order chi connectivity index (χ0) is 10.3. The fraction of sp³-hybridized carbons (Fsp3) is 0.818. The van der Waals surface area contributed by atoms with Crippen molar-refractivity contribution in [3.63, 3.8) is 0 Å². The van der Waals surface area contributed by atoms with Gasteiger partial charge in [-0.15, -0.1) is 6.42 Å². The van der Waals surface area contributed by atoms with E-state index in [1.807, 2.05) is 20.8 Å². The summed E-state index contributed by atoms with van der Waals surface area (Å²) >= 11 is 0. The van der Waals surface area contributed by atoms with E-state index in [0.717, 1.165) is 0 Å². The minimum atomic E-state index is -1.08. The Morgan fingerprint density at radius 2 is 2.00 bits per heavy atom. The molecule has 0 radical (unpaired) electrons. The Bertz CT molecular complexity index is 239. The highest BCUT2D eigenvalue weighted by Gasteiger charge is 2.51. The first-order valence-corrected chi connectivity index (χ1v) is 4.71. The average Bonchev–Trinajstić information content (AvgIpc) is 1.98. The lowest BCUT2D eigenvalue weighted by Gasteiger charge is -2.48. The maximum absolute atomic E-state index is 10.2. The van der Waals surface area contributed by atoms with E-state index >= 15 is 0 Å². The zero-order valence-corrected chi connectivity index (χ0v) is 8.54. The molecule has 3 atom stereocenters. The molecule has 0 bridgehead atoms. The highest BCUT2D eigenvalue weighted by Crippen LogP contribution is 2.46. The molecule has 0 aromatic heterocycles. The van der Waals surface area contributed by atoms with Crippen LogP contribution in [-0.4, -0.2) is 21.9 Å². The van der Waals surface area contributed by atoms with E-state index in [-0.39, 0.29) is 12.0 Å². The molecule has 0 unspecified atom stereocenters. The number of rotatable bonds is 0. The Labute approximate surface area is 80.0 Å². The van der Waals surface area contributed by atoms with Gasteiger partial charge in [0.2, 0.25) is 0 Å². The van der Waals surface area contributed by atoms with Crippen LogP contribution in [0.25, 0.3) is 0 Å². The van der Waals surface area contributed by atoms with E-state index in [1.54, 1.807) is 0 Å². The fourth-order valence-corrected chi connectivity index (χ4v) is 2.41. The third kappa shape index (κ3) is 1.47. The van der Waals surface area contributed by atoms with E-state index in [2.05, 4.69) is 5.92 Å². The number of aliphatic hydroxyl groups is 2. The highest BCUT2D eigenvalue weighted by molar-refractivity contribution is 5.18. The van der Waals surface area contributed by atoms with Crippen LogP contribution >= 0.6 is 0 Å². The van der Waals surface area contributed by atoms with Crippen molar-refractivity contribution in [3.8, 4) is 12.3 Å². The molecule has 2 heteroatoms. The van der Waals surface area contributed by atoms with E-state index in [1.165, 1.54) is 0 Å². The van der Waals surface area contributed by atoms with Gasteiger partial charge in [0, 0.05) is 5.41 Å². The second kappa shape index (κ2) is 3.01. The topological polar surface area (TPSA) is 40.5 Å². The molecule has 1 rings (SSSR count). The molecule has 0 aromatic rings. The summed E-state index contributed by atoms with van der Waals surface area (Å²) in [5.41, 5.74) is -1.48. The van der Waals surface area contributed by atoms with E-state index < -0.39 is 11.0 Å². The quantitative estimate of drug-likeness (QED) is 0.552. The SMILES string of the molecule is C#C[C@]1(O)[C@H](C)C[C@@H](O)CC1(C)C. The Kier molecular flexibility index (Phi) is 2.44. The van der Waals surface area contributed by atoms with Crippen LogP contribution in [0.1, 0.15) is 33.6 Å². The van der Waals surface area contributed by atoms with Gasteiger partial charge in [-0.2, -0.15) is 0 Å². The monoisotopic (exact) mass is 182 g/mol. The third-order valence-electron chi connectivity index (χ3n) is 3.34. The molecule has 0 heterocycles. The first-order chi connectivity index (χ1) is 5.83. The Balaban J connectivity index is 3.01. The minimum Gasteiger partial charge on any atom is -0.393 e. The van der Waals surface area contributed by atoms with Gasteiger partial charge in [-0.25, -0.2) is 0 Å². The average molecular weight is 182 g/mol. The van der Waals surface area contributed by atoms with Gasteiger partial charge < -0.3 is 10.2 Å². The van der Waals surface area contributed by atoms with Gasteiger partial charge in [0.25, 0.3) is 0 Å². The Morgan fingerprint density at radius 1 is 1.46 bits per heavy atom. The number of aliphatic hydroxyl groups excluding tert-OH is 1. The molecule has 1 saturated carbocycles. The van der Waals surface area contributed by atoms with Crippen LogP contribution in [0, 0.1) is 23.7 Å². The molecule has 74 valence electrons. The first-order valence-electron chi connectivity index (χ1n) is 4.71. The molecule has 2 N–H and O–H groups in total. The molecule has 1 aliphatic carbocycles. The lowest BCUT2D eigenvalue weighted by molar-refractivity contribution is -0.120. The summed E-state index contributed by atoms with van der Waals surface area (Å²) in [6, 6.07) is 0. The molecular weight excluding hydrogens is 164 g/mol. The van der Waals surface area contributed by atoms with Crippen molar-refractivity contribution in [2.75, 3.05) is 0 Å². The van der Waals surface area contributed by atoms with Crippen LogP contribution in [-0.2, 0) is 0 Å². The van der Waals surface area contributed by atoms with Crippen LogP contribution < -0.4 is 0 Å². The smallest absolute Gasteiger partial charge is 0.132 e. The lowest BCUT2D eigenvalue weighted by Crippen LogP contribution is -2.54. The van der Waals surface area contributed by atoms with Crippen LogP contribution in [0.4, 0.5) is 0 Å². The van der Waals surface area contributed by atoms with Gasteiger partial charge in [0.15, 0.2) is 0 Å². The van der Waals surface area contributed by atoms with Crippen molar-refractivity contribution < 1.29 is 10.2 Å². The molecule has 1 aliphatic rings. The van der Waals surface area contributed by atoms with Gasteiger partial charge in [-0.1, -0.05) is 26.7 Å². The largest absolute Gasteiger partial charge is 0.393 e. The molecule has 0 aliphatic heterocycles. The van der Waals surface area contributed by atoms with Crippen LogP contribution in [0.2, 0.25) is 0 Å². The summed E-state index contributed by atoms with van der Waals surface area (Å²) in [7, 11) is 0. The highest BCUT2D eigenvalue weighted by atomic mass is 16.3. The summed E-state index contributed by atoms with van der Waals surface area (Å²) in [5.74, 6) is 2.44. The van der Waals surface area contributed by atoms with Crippen LogP contribution in [0.3, 0.4) is 0 Å². The third-order valence-corrected chi connectivity index (χ3v) is 3.34. The summed E-state index contributed by atoms with van der Waals surface area (Å²) in [4.78, 5) is 0. The van der Waals surface area contributed by atoms with Crippen molar-refractivity contribution >= 4 is 0 Å². The zero-order valence-electron chi connectivity index (χ0n) is 8.54. The second-order valence-corrected chi connectivity index (χ2v) is 4.79. The van der Waals surface area contributed by atoms with Gasteiger partial charge in [-0.05, 0) is 18.8 Å². The fourth-order valence-electron chi connectivity index (χ4n) is 2.41. The normalized spacial score (nSPS) is 44.0. The van der Waals surface area contributed by atoms with Crippen molar-refractivity contribution in [2.45, 2.75) is 45.3 Å². The molecular formula is C11H18O2. The number of hydrogen-bond donors (Lipinski definition) is 2. The standard InChI is InChI=1S/C11H18O2/c1-5-11(13)8(2)6-9(12)7-10(11,3)4/h1,8-9,12-13H,6-7H2,2-4H3/t8-,9-,11+/m1/s1. The lowest BCUT2D eigenvalue weighted by atomic mass is 9.60. The summed E-state index contributed by atoms with van der Waals surface area (Å²) in [5, 5.41) is 19.8. The van der Waals surface area contributed by atoms with Gasteiger partial charge in [-0.3, -0.25) is 0 Å². The van der Waals surface area contributed by atoms with Gasteiger partial charge >= 0.3 is 0 Å². The Morgan fingerprint density at radius 3 is 2.38 bits per heavy atom. The van der Waals surface area contributed by atoms with Crippen molar-refractivity contribution in [1.29, 1.82) is 0 Å². The molecule has 1 fully saturated rings. The minimum absolute atomic E-state index is 0.0451. The van der Waals surface area contributed by atoms with E-state index in [0.29, 0.717) is 12.8 Å². The maximum atomic E-state index is 10.2. The van der Waals surface area contributed by atoms with Gasteiger partial charge in [0.05, 0.1) is 6.10 Å². The summed E-state index contributed by atoms with van der Waals surface area (Å²) in [6.45, 7) is 5.71. The van der Waals surface area contributed by atoms with Crippen molar-refractivity contribution in [3.05, 3.63) is 0 Å². The predicted molar refractivity (Wildman–Crippen MR) is 52.0 cm³/mol. The molecule has 0 saturated heterocycles. The van der Waals surface area contributed by atoms with Crippen molar-refractivity contribution in [1.82, 2.24) is 0 Å².